The van der Waals surface area contributed by atoms with E-state index < -0.39 is 0 Å². The average molecular weight is 245 g/mol. The first-order valence-electron chi connectivity index (χ1n) is 7.37. The lowest BCUT2D eigenvalue weighted by atomic mass is 9.80. The van der Waals surface area contributed by atoms with Crippen molar-refractivity contribution in [3.8, 4) is 0 Å². The molecule has 1 fully saturated rings. The maximum absolute atomic E-state index is 3.72. The number of benzene rings is 1. The van der Waals surface area contributed by atoms with Crippen LogP contribution in [0.3, 0.4) is 0 Å². The molecular formula is C17H27N. The molecule has 0 radical (unpaired) electrons. The van der Waals surface area contributed by atoms with Crippen LogP contribution in [0.4, 0.5) is 0 Å². The molecule has 0 spiro atoms. The second-order valence-electron chi connectivity index (χ2n) is 6.56. The maximum atomic E-state index is 3.72. The van der Waals surface area contributed by atoms with Gasteiger partial charge in [0.1, 0.15) is 0 Å². The first-order valence-corrected chi connectivity index (χ1v) is 7.37. The SMILES string of the molecule is CC(CC1CCC1)NCC(C)(C)c1ccccc1. The second-order valence-corrected chi connectivity index (χ2v) is 6.56. The molecule has 0 aromatic heterocycles. The highest BCUT2D eigenvalue weighted by Crippen LogP contribution is 2.30. The molecule has 0 heterocycles. The van der Waals surface area contributed by atoms with Crippen LogP contribution in [0, 0.1) is 5.92 Å². The third kappa shape index (κ3) is 3.58. The van der Waals surface area contributed by atoms with Gasteiger partial charge in [0.25, 0.3) is 0 Å². The first-order chi connectivity index (χ1) is 8.58. The Morgan fingerprint density at radius 3 is 2.44 bits per heavy atom. The summed E-state index contributed by atoms with van der Waals surface area (Å²) in [4.78, 5) is 0. The molecule has 1 unspecified atom stereocenters. The normalized spacial score (nSPS) is 18.4. The molecule has 1 aliphatic carbocycles. The van der Waals surface area contributed by atoms with Crippen LogP contribution in [0.25, 0.3) is 0 Å². The van der Waals surface area contributed by atoms with E-state index in [4.69, 9.17) is 0 Å². The van der Waals surface area contributed by atoms with Crippen LogP contribution in [0.2, 0.25) is 0 Å². The van der Waals surface area contributed by atoms with Gasteiger partial charge < -0.3 is 5.32 Å². The quantitative estimate of drug-likeness (QED) is 0.794. The van der Waals surface area contributed by atoms with E-state index in [2.05, 4.69) is 56.4 Å². The Bertz CT molecular complexity index is 351. The zero-order valence-corrected chi connectivity index (χ0v) is 12.1. The standard InChI is InChI=1S/C17H27N/c1-14(12-15-8-7-9-15)18-13-17(2,3)16-10-5-4-6-11-16/h4-6,10-11,14-15,18H,7-9,12-13H2,1-3H3. The monoisotopic (exact) mass is 245 g/mol. The highest BCUT2D eigenvalue weighted by Gasteiger charge is 2.23. The van der Waals surface area contributed by atoms with E-state index in [1.165, 1.54) is 31.2 Å². The minimum atomic E-state index is 0.217. The summed E-state index contributed by atoms with van der Waals surface area (Å²) >= 11 is 0. The van der Waals surface area contributed by atoms with Gasteiger partial charge in [0.15, 0.2) is 0 Å². The summed E-state index contributed by atoms with van der Waals surface area (Å²) in [5.74, 6) is 0.993. The lowest BCUT2D eigenvalue weighted by molar-refractivity contribution is 0.260. The van der Waals surface area contributed by atoms with Gasteiger partial charge in [-0.25, -0.2) is 0 Å². The Kier molecular flexibility index (Phi) is 4.45. The predicted octanol–water partition coefficient (Wildman–Crippen LogP) is 4.13. The van der Waals surface area contributed by atoms with Gasteiger partial charge in [0, 0.05) is 18.0 Å². The van der Waals surface area contributed by atoms with Crippen molar-refractivity contribution >= 4 is 0 Å². The Balaban J connectivity index is 1.80. The molecule has 2 rings (SSSR count). The van der Waals surface area contributed by atoms with Crippen molar-refractivity contribution in [2.75, 3.05) is 6.54 Å². The minimum Gasteiger partial charge on any atom is -0.313 e. The van der Waals surface area contributed by atoms with Gasteiger partial charge >= 0.3 is 0 Å². The molecule has 1 atom stereocenters. The van der Waals surface area contributed by atoms with Crippen molar-refractivity contribution in [3.63, 3.8) is 0 Å². The fraction of sp³-hybridized carbons (Fsp3) is 0.647. The Morgan fingerprint density at radius 2 is 1.89 bits per heavy atom. The highest BCUT2D eigenvalue weighted by atomic mass is 14.9. The molecule has 1 saturated carbocycles. The van der Waals surface area contributed by atoms with E-state index in [1.807, 2.05) is 0 Å². The molecule has 0 amide bonds. The summed E-state index contributed by atoms with van der Waals surface area (Å²) in [6, 6.07) is 11.5. The summed E-state index contributed by atoms with van der Waals surface area (Å²) in [6.45, 7) is 8.04. The highest BCUT2D eigenvalue weighted by molar-refractivity contribution is 5.23. The summed E-state index contributed by atoms with van der Waals surface area (Å²) in [5, 5.41) is 3.72. The summed E-state index contributed by atoms with van der Waals surface area (Å²) in [5.41, 5.74) is 1.64. The zero-order chi connectivity index (χ0) is 13.0. The second kappa shape index (κ2) is 5.88. The molecule has 1 heteroatoms. The third-order valence-corrected chi connectivity index (χ3v) is 4.36. The van der Waals surface area contributed by atoms with Crippen LogP contribution in [0.15, 0.2) is 30.3 Å². The number of rotatable bonds is 6. The Labute approximate surface area is 112 Å². The fourth-order valence-electron chi connectivity index (χ4n) is 2.73. The lowest BCUT2D eigenvalue weighted by Gasteiger charge is -2.31. The predicted molar refractivity (Wildman–Crippen MR) is 78.9 cm³/mol. The van der Waals surface area contributed by atoms with Crippen LogP contribution in [0.1, 0.15) is 52.0 Å². The van der Waals surface area contributed by atoms with Crippen LogP contribution >= 0.6 is 0 Å². The average Bonchev–Trinajstić information content (AvgIpc) is 2.33. The maximum Gasteiger partial charge on any atom is 0.00456 e. The third-order valence-electron chi connectivity index (χ3n) is 4.36. The summed E-state index contributed by atoms with van der Waals surface area (Å²) in [6.07, 6.45) is 5.71. The van der Waals surface area contributed by atoms with Crippen LogP contribution in [-0.2, 0) is 5.41 Å². The molecule has 1 aromatic rings. The van der Waals surface area contributed by atoms with E-state index in [-0.39, 0.29) is 5.41 Å². The van der Waals surface area contributed by atoms with Gasteiger partial charge in [-0.3, -0.25) is 0 Å². The van der Waals surface area contributed by atoms with Crippen molar-refractivity contribution in [2.24, 2.45) is 5.92 Å². The smallest absolute Gasteiger partial charge is 0.00456 e. The van der Waals surface area contributed by atoms with E-state index >= 15 is 0 Å². The van der Waals surface area contributed by atoms with Gasteiger partial charge in [0.05, 0.1) is 0 Å². The van der Waals surface area contributed by atoms with Gasteiger partial charge in [0.2, 0.25) is 0 Å². The molecular weight excluding hydrogens is 218 g/mol. The van der Waals surface area contributed by atoms with E-state index in [1.54, 1.807) is 0 Å². The van der Waals surface area contributed by atoms with E-state index in [0.717, 1.165) is 12.5 Å². The summed E-state index contributed by atoms with van der Waals surface area (Å²) in [7, 11) is 0. The molecule has 1 nitrogen and oxygen atoms in total. The minimum absolute atomic E-state index is 0.217. The Hall–Kier alpha value is -0.820. The molecule has 0 saturated heterocycles. The number of nitrogens with one attached hydrogen (secondary N) is 1. The summed E-state index contributed by atoms with van der Waals surface area (Å²) < 4.78 is 0. The van der Waals surface area contributed by atoms with Crippen molar-refractivity contribution in [1.82, 2.24) is 5.32 Å². The first kappa shape index (κ1) is 13.6. The molecule has 1 N–H and O–H groups in total. The Morgan fingerprint density at radius 1 is 1.22 bits per heavy atom. The molecule has 18 heavy (non-hydrogen) atoms. The van der Waals surface area contributed by atoms with Crippen LogP contribution < -0.4 is 5.32 Å². The van der Waals surface area contributed by atoms with Gasteiger partial charge in [-0.05, 0) is 24.8 Å². The lowest BCUT2D eigenvalue weighted by Crippen LogP contribution is -2.39. The van der Waals surface area contributed by atoms with Gasteiger partial charge in [-0.1, -0.05) is 63.4 Å². The van der Waals surface area contributed by atoms with Gasteiger partial charge in [-0.2, -0.15) is 0 Å². The van der Waals surface area contributed by atoms with Crippen molar-refractivity contribution in [2.45, 2.75) is 57.9 Å². The number of hydrogen-bond donors (Lipinski definition) is 1. The zero-order valence-electron chi connectivity index (χ0n) is 12.1. The molecule has 1 aromatic carbocycles. The van der Waals surface area contributed by atoms with E-state index in [0.29, 0.717) is 6.04 Å². The van der Waals surface area contributed by atoms with Crippen molar-refractivity contribution in [3.05, 3.63) is 35.9 Å². The molecule has 1 aliphatic rings. The molecule has 0 aliphatic heterocycles. The molecule has 0 bridgehead atoms. The molecule has 100 valence electrons. The van der Waals surface area contributed by atoms with Crippen LogP contribution in [0.5, 0.6) is 0 Å². The largest absolute Gasteiger partial charge is 0.313 e. The topological polar surface area (TPSA) is 12.0 Å². The fourth-order valence-corrected chi connectivity index (χ4v) is 2.73. The van der Waals surface area contributed by atoms with E-state index in [9.17, 15) is 0 Å². The van der Waals surface area contributed by atoms with Crippen LogP contribution in [-0.4, -0.2) is 12.6 Å². The van der Waals surface area contributed by atoms with Crippen molar-refractivity contribution < 1.29 is 0 Å². The van der Waals surface area contributed by atoms with Gasteiger partial charge in [-0.15, -0.1) is 0 Å². The number of hydrogen-bond acceptors (Lipinski definition) is 1. The van der Waals surface area contributed by atoms with Crippen molar-refractivity contribution in [1.29, 1.82) is 0 Å².